The number of benzene rings is 2. The molecule has 88 valence electrons. The minimum absolute atomic E-state index is 0.338. The van der Waals surface area contributed by atoms with Crippen LogP contribution in [0, 0.1) is 0 Å². The van der Waals surface area contributed by atoms with E-state index in [1.54, 1.807) is 24.3 Å². The number of rotatable bonds is 1. The summed E-state index contributed by atoms with van der Waals surface area (Å²) in [4.78, 5) is 0. The number of nitrogens with two attached hydrogens (primary N) is 1. The van der Waals surface area contributed by atoms with Gasteiger partial charge in [-0.1, -0.05) is 52.5 Å². The van der Waals surface area contributed by atoms with Crippen molar-refractivity contribution in [3.05, 3.63) is 50.4 Å². The molecule has 0 aliphatic carbocycles. The molecule has 2 aromatic rings. The highest BCUT2D eigenvalue weighted by Crippen LogP contribution is 2.37. The standard InChI is InChI=1S/C12H7Cl4N/c13-7-1-2-8(11(17)5-7)6-3-9(14)12(16)10(15)4-6/h1-5H,17H2. The van der Waals surface area contributed by atoms with E-state index in [-0.39, 0.29) is 0 Å². The Bertz CT molecular complexity index is 558. The van der Waals surface area contributed by atoms with Crippen molar-refractivity contribution in [1.82, 2.24) is 0 Å². The van der Waals surface area contributed by atoms with Gasteiger partial charge in [0.25, 0.3) is 0 Å². The third kappa shape index (κ3) is 2.63. The van der Waals surface area contributed by atoms with Gasteiger partial charge in [-0.15, -0.1) is 0 Å². The summed E-state index contributed by atoms with van der Waals surface area (Å²) in [5.41, 5.74) is 8.07. The van der Waals surface area contributed by atoms with Gasteiger partial charge in [-0.3, -0.25) is 0 Å². The first-order valence-corrected chi connectivity index (χ1v) is 6.20. The van der Waals surface area contributed by atoms with Crippen LogP contribution in [0.2, 0.25) is 20.1 Å². The summed E-state index contributed by atoms with van der Waals surface area (Å²) in [6.07, 6.45) is 0. The Hall–Kier alpha value is -0.600. The molecule has 0 saturated carbocycles. The van der Waals surface area contributed by atoms with E-state index < -0.39 is 0 Å². The van der Waals surface area contributed by atoms with Crippen molar-refractivity contribution in [2.24, 2.45) is 0 Å². The minimum Gasteiger partial charge on any atom is -0.398 e. The Kier molecular flexibility index (Phi) is 3.74. The lowest BCUT2D eigenvalue weighted by molar-refractivity contribution is 1.61. The smallest absolute Gasteiger partial charge is 0.0778 e. The molecule has 0 fully saturated rings. The van der Waals surface area contributed by atoms with E-state index in [0.29, 0.717) is 25.8 Å². The van der Waals surface area contributed by atoms with Crippen LogP contribution in [-0.4, -0.2) is 0 Å². The van der Waals surface area contributed by atoms with Crippen LogP contribution in [0.1, 0.15) is 0 Å². The molecule has 0 unspecified atom stereocenters. The van der Waals surface area contributed by atoms with E-state index in [4.69, 9.17) is 52.1 Å². The quantitative estimate of drug-likeness (QED) is 0.542. The first-order chi connectivity index (χ1) is 7.99. The van der Waals surface area contributed by atoms with Gasteiger partial charge in [0.1, 0.15) is 0 Å². The fraction of sp³-hybridized carbons (Fsp3) is 0. The van der Waals surface area contributed by atoms with Gasteiger partial charge in [-0.05, 0) is 29.8 Å². The molecule has 17 heavy (non-hydrogen) atoms. The predicted octanol–water partition coefficient (Wildman–Crippen LogP) is 5.55. The second-order valence-corrected chi connectivity index (χ2v) is 5.11. The largest absolute Gasteiger partial charge is 0.398 e. The Morgan fingerprint density at radius 3 is 1.94 bits per heavy atom. The van der Waals surface area contributed by atoms with Crippen LogP contribution in [0.5, 0.6) is 0 Å². The Balaban J connectivity index is 2.61. The van der Waals surface area contributed by atoms with Crippen LogP contribution in [-0.2, 0) is 0 Å². The third-order valence-corrected chi connectivity index (χ3v) is 3.74. The van der Waals surface area contributed by atoms with Gasteiger partial charge in [0.05, 0.1) is 15.1 Å². The SMILES string of the molecule is Nc1cc(Cl)ccc1-c1cc(Cl)c(Cl)c(Cl)c1. The number of hydrogen-bond acceptors (Lipinski definition) is 1. The van der Waals surface area contributed by atoms with Crippen molar-refractivity contribution in [3.8, 4) is 11.1 Å². The lowest BCUT2D eigenvalue weighted by atomic mass is 10.0. The Morgan fingerprint density at radius 2 is 1.41 bits per heavy atom. The van der Waals surface area contributed by atoms with E-state index in [9.17, 15) is 0 Å². The molecular formula is C12H7Cl4N. The topological polar surface area (TPSA) is 26.0 Å². The molecule has 0 aliphatic heterocycles. The van der Waals surface area contributed by atoms with Crippen molar-refractivity contribution in [2.45, 2.75) is 0 Å². The molecule has 0 spiro atoms. The molecule has 0 bridgehead atoms. The summed E-state index contributed by atoms with van der Waals surface area (Å²) >= 11 is 23.7. The number of nitrogen functional groups attached to an aromatic ring is 1. The van der Waals surface area contributed by atoms with Gasteiger partial charge >= 0.3 is 0 Å². The lowest BCUT2D eigenvalue weighted by Gasteiger charge is -2.08. The highest BCUT2D eigenvalue weighted by Gasteiger charge is 2.09. The number of hydrogen-bond donors (Lipinski definition) is 1. The molecule has 2 N–H and O–H groups in total. The monoisotopic (exact) mass is 305 g/mol. The Labute approximate surface area is 119 Å². The van der Waals surface area contributed by atoms with Crippen LogP contribution in [0.25, 0.3) is 11.1 Å². The fourth-order valence-electron chi connectivity index (χ4n) is 1.51. The van der Waals surface area contributed by atoms with Crippen molar-refractivity contribution >= 4 is 52.1 Å². The molecule has 0 amide bonds. The van der Waals surface area contributed by atoms with E-state index in [1.165, 1.54) is 0 Å². The lowest BCUT2D eigenvalue weighted by Crippen LogP contribution is -1.90. The van der Waals surface area contributed by atoms with Gasteiger partial charge in [-0.2, -0.15) is 0 Å². The molecule has 2 rings (SSSR count). The van der Waals surface area contributed by atoms with Crippen LogP contribution in [0.4, 0.5) is 5.69 Å². The summed E-state index contributed by atoms with van der Waals surface area (Å²) in [6, 6.07) is 8.68. The van der Waals surface area contributed by atoms with E-state index in [0.717, 1.165) is 11.1 Å². The predicted molar refractivity (Wildman–Crippen MR) is 76.3 cm³/mol. The molecule has 0 radical (unpaired) electrons. The van der Waals surface area contributed by atoms with Crippen LogP contribution in [0.3, 0.4) is 0 Å². The van der Waals surface area contributed by atoms with E-state index >= 15 is 0 Å². The van der Waals surface area contributed by atoms with Crippen LogP contribution >= 0.6 is 46.4 Å². The zero-order valence-electron chi connectivity index (χ0n) is 8.48. The van der Waals surface area contributed by atoms with Gasteiger partial charge in [0.2, 0.25) is 0 Å². The summed E-state index contributed by atoms with van der Waals surface area (Å²) in [5, 5.41) is 1.70. The third-order valence-electron chi connectivity index (χ3n) is 2.31. The average molecular weight is 307 g/mol. The summed E-state index contributed by atoms with van der Waals surface area (Å²) in [6.45, 7) is 0. The van der Waals surface area contributed by atoms with Crippen molar-refractivity contribution in [2.75, 3.05) is 5.73 Å². The second-order valence-electron chi connectivity index (χ2n) is 3.49. The summed E-state index contributed by atoms with van der Waals surface area (Å²) < 4.78 is 0. The highest BCUT2D eigenvalue weighted by molar-refractivity contribution is 6.48. The van der Waals surface area contributed by atoms with Gasteiger partial charge < -0.3 is 5.73 Å². The van der Waals surface area contributed by atoms with Crippen LogP contribution < -0.4 is 5.73 Å². The maximum atomic E-state index is 5.97. The van der Waals surface area contributed by atoms with E-state index in [1.807, 2.05) is 6.07 Å². The van der Waals surface area contributed by atoms with Crippen molar-refractivity contribution in [3.63, 3.8) is 0 Å². The zero-order valence-corrected chi connectivity index (χ0v) is 11.5. The molecular weight excluding hydrogens is 300 g/mol. The molecule has 1 nitrogen and oxygen atoms in total. The van der Waals surface area contributed by atoms with Gasteiger partial charge in [-0.25, -0.2) is 0 Å². The maximum absolute atomic E-state index is 5.97. The fourth-order valence-corrected chi connectivity index (χ4v) is 2.28. The molecule has 0 aromatic heterocycles. The summed E-state index contributed by atoms with van der Waals surface area (Å²) in [7, 11) is 0. The highest BCUT2D eigenvalue weighted by atomic mass is 35.5. The second kappa shape index (κ2) is 4.95. The molecule has 0 saturated heterocycles. The van der Waals surface area contributed by atoms with Gasteiger partial charge in [0.15, 0.2) is 0 Å². The number of halogens is 4. The van der Waals surface area contributed by atoms with Gasteiger partial charge in [0, 0.05) is 16.3 Å². The zero-order chi connectivity index (χ0) is 12.6. The Morgan fingerprint density at radius 1 is 0.824 bits per heavy atom. The molecule has 0 heterocycles. The molecule has 2 aromatic carbocycles. The van der Waals surface area contributed by atoms with Crippen molar-refractivity contribution < 1.29 is 0 Å². The first-order valence-electron chi connectivity index (χ1n) is 4.69. The molecule has 0 atom stereocenters. The maximum Gasteiger partial charge on any atom is 0.0778 e. The normalized spacial score (nSPS) is 10.6. The van der Waals surface area contributed by atoms with Crippen LogP contribution in [0.15, 0.2) is 30.3 Å². The summed E-state index contributed by atoms with van der Waals surface area (Å²) in [5.74, 6) is 0. The first kappa shape index (κ1) is 12.8. The van der Waals surface area contributed by atoms with Crippen molar-refractivity contribution in [1.29, 1.82) is 0 Å². The minimum atomic E-state index is 0.338. The van der Waals surface area contributed by atoms with E-state index in [2.05, 4.69) is 0 Å². The average Bonchev–Trinajstić information content (AvgIpc) is 2.25. The molecule has 0 aliphatic rings. The molecule has 5 heteroatoms. The number of anilines is 1.